The van der Waals surface area contributed by atoms with Crippen molar-refractivity contribution in [2.24, 2.45) is 7.05 Å². The normalized spacial score (nSPS) is 10.6. The number of aryl methyl sites for hydroxylation is 2. The first-order valence-electron chi connectivity index (χ1n) is 4.00. The van der Waals surface area contributed by atoms with Crippen molar-refractivity contribution in [3.05, 3.63) is 17.5 Å². The van der Waals surface area contributed by atoms with E-state index >= 15 is 0 Å². The molecule has 0 bridgehead atoms. The number of halogens is 1. The highest BCUT2D eigenvalue weighted by molar-refractivity contribution is 9.09. The van der Waals surface area contributed by atoms with Crippen LogP contribution < -0.4 is 5.32 Å². The van der Waals surface area contributed by atoms with E-state index in [1.807, 2.05) is 18.7 Å². The SMILES string of the molecule is Cc1cc(CNCCBr)n(C)n1. The quantitative estimate of drug-likeness (QED) is 0.624. The Morgan fingerprint density at radius 2 is 2.42 bits per heavy atom. The van der Waals surface area contributed by atoms with Crippen LogP contribution in [0.15, 0.2) is 6.07 Å². The van der Waals surface area contributed by atoms with Crippen LogP contribution >= 0.6 is 15.9 Å². The van der Waals surface area contributed by atoms with Gasteiger partial charge in [-0.1, -0.05) is 15.9 Å². The molecular weight excluding hydrogens is 218 g/mol. The summed E-state index contributed by atoms with van der Waals surface area (Å²) in [6.45, 7) is 3.89. The minimum Gasteiger partial charge on any atom is -0.310 e. The lowest BCUT2D eigenvalue weighted by Crippen LogP contribution is -2.17. The summed E-state index contributed by atoms with van der Waals surface area (Å²) in [6, 6.07) is 2.10. The van der Waals surface area contributed by atoms with E-state index in [0.717, 1.165) is 24.1 Å². The van der Waals surface area contributed by atoms with Crippen LogP contribution in [0.25, 0.3) is 0 Å². The maximum absolute atomic E-state index is 4.25. The molecule has 0 unspecified atom stereocenters. The molecule has 0 saturated heterocycles. The molecule has 4 heteroatoms. The van der Waals surface area contributed by atoms with Gasteiger partial charge in [0.1, 0.15) is 0 Å². The van der Waals surface area contributed by atoms with Gasteiger partial charge in [0.2, 0.25) is 0 Å². The van der Waals surface area contributed by atoms with Gasteiger partial charge in [0, 0.05) is 25.5 Å². The highest BCUT2D eigenvalue weighted by atomic mass is 79.9. The van der Waals surface area contributed by atoms with Crippen molar-refractivity contribution in [2.45, 2.75) is 13.5 Å². The Kier molecular flexibility index (Phi) is 3.75. The molecule has 0 saturated carbocycles. The van der Waals surface area contributed by atoms with Gasteiger partial charge in [0.05, 0.1) is 11.4 Å². The molecule has 0 aromatic carbocycles. The van der Waals surface area contributed by atoms with Crippen molar-refractivity contribution in [1.29, 1.82) is 0 Å². The first kappa shape index (κ1) is 9.74. The molecule has 1 aromatic rings. The summed E-state index contributed by atoms with van der Waals surface area (Å²) in [5, 5.41) is 8.54. The third-order valence-corrected chi connectivity index (χ3v) is 2.07. The molecule has 0 radical (unpaired) electrons. The molecule has 0 aliphatic carbocycles. The van der Waals surface area contributed by atoms with Crippen LogP contribution in [-0.4, -0.2) is 21.7 Å². The maximum atomic E-state index is 4.25. The second kappa shape index (κ2) is 4.62. The van der Waals surface area contributed by atoms with E-state index < -0.39 is 0 Å². The fourth-order valence-corrected chi connectivity index (χ4v) is 1.39. The van der Waals surface area contributed by atoms with Crippen LogP contribution in [0.2, 0.25) is 0 Å². The van der Waals surface area contributed by atoms with Gasteiger partial charge < -0.3 is 5.32 Å². The fraction of sp³-hybridized carbons (Fsp3) is 0.625. The van der Waals surface area contributed by atoms with Crippen LogP contribution in [0.5, 0.6) is 0 Å². The van der Waals surface area contributed by atoms with Gasteiger partial charge >= 0.3 is 0 Å². The summed E-state index contributed by atoms with van der Waals surface area (Å²) in [5.74, 6) is 0. The Morgan fingerprint density at radius 3 is 2.92 bits per heavy atom. The molecular formula is C8H14BrN3. The first-order valence-corrected chi connectivity index (χ1v) is 5.12. The molecule has 1 rings (SSSR count). The number of rotatable bonds is 4. The number of hydrogen-bond acceptors (Lipinski definition) is 2. The average Bonchev–Trinajstić information content (AvgIpc) is 2.31. The summed E-state index contributed by atoms with van der Waals surface area (Å²) < 4.78 is 1.91. The van der Waals surface area contributed by atoms with Crippen molar-refractivity contribution in [3.63, 3.8) is 0 Å². The van der Waals surface area contributed by atoms with E-state index in [1.165, 1.54) is 5.69 Å². The Bertz CT molecular complexity index is 244. The van der Waals surface area contributed by atoms with E-state index in [2.05, 4.69) is 32.4 Å². The standard InChI is InChI=1S/C8H14BrN3/c1-7-5-8(12(2)11-7)6-10-4-3-9/h5,10H,3-4,6H2,1-2H3. The number of nitrogens with one attached hydrogen (secondary N) is 1. The molecule has 1 aromatic heterocycles. The molecule has 1 N–H and O–H groups in total. The van der Waals surface area contributed by atoms with Gasteiger partial charge in [-0.25, -0.2) is 0 Å². The van der Waals surface area contributed by atoms with E-state index in [4.69, 9.17) is 0 Å². The minimum atomic E-state index is 0.892. The van der Waals surface area contributed by atoms with E-state index in [-0.39, 0.29) is 0 Å². The van der Waals surface area contributed by atoms with Gasteiger partial charge in [-0.15, -0.1) is 0 Å². The lowest BCUT2D eigenvalue weighted by molar-refractivity contribution is 0.643. The van der Waals surface area contributed by atoms with Crippen molar-refractivity contribution >= 4 is 15.9 Å². The highest BCUT2D eigenvalue weighted by Crippen LogP contribution is 2.00. The minimum absolute atomic E-state index is 0.892. The number of aromatic nitrogens is 2. The molecule has 0 spiro atoms. The van der Waals surface area contributed by atoms with Crippen LogP contribution in [0.4, 0.5) is 0 Å². The number of nitrogens with zero attached hydrogens (tertiary/aromatic N) is 2. The summed E-state index contributed by atoms with van der Waals surface area (Å²) in [5.41, 5.74) is 2.31. The summed E-state index contributed by atoms with van der Waals surface area (Å²) in [4.78, 5) is 0. The van der Waals surface area contributed by atoms with Crippen LogP contribution in [0, 0.1) is 6.92 Å². The topological polar surface area (TPSA) is 29.9 Å². The van der Waals surface area contributed by atoms with E-state index in [9.17, 15) is 0 Å². The Labute approximate surface area is 81.3 Å². The third-order valence-electron chi connectivity index (χ3n) is 1.68. The fourth-order valence-electron chi connectivity index (χ4n) is 1.11. The van der Waals surface area contributed by atoms with Crippen molar-refractivity contribution in [3.8, 4) is 0 Å². The maximum Gasteiger partial charge on any atom is 0.0597 e. The predicted molar refractivity (Wildman–Crippen MR) is 53.4 cm³/mol. The molecule has 68 valence electrons. The molecule has 0 aliphatic rings. The monoisotopic (exact) mass is 231 g/mol. The molecule has 0 aliphatic heterocycles. The van der Waals surface area contributed by atoms with Crippen LogP contribution in [0.1, 0.15) is 11.4 Å². The van der Waals surface area contributed by atoms with Crippen molar-refractivity contribution in [2.75, 3.05) is 11.9 Å². The number of hydrogen-bond donors (Lipinski definition) is 1. The number of alkyl halides is 1. The zero-order valence-corrected chi connectivity index (χ0v) is 9.06. The molecule has 0 atom stereocenters. The largest absolute Gasteiger partial charge is 0.310 e. The molecule has 12 heavy (non-hydrogen) atoms. The summed E-state index contributed by atoms with van der Waals surface area (Å²) in [7, 11) is 1.97. The van der Waals surface area contributed by atoms with Gasteiger partial charge in [0.15, 0.2) is 0 Å². The van der Waals surface area contributed by atoms with Crippen molar-refractivity contribution < 1.29 is 0 Å². The Hall–Kier alpha value is -0.350. The van der Waals surface area contributed by atoms with Crippen LogP contribution in [0.3, 0.4) is 0 Å². The van der Waals surface area contributed by atoms with Gasteiger partial charge in [-0.3, -0.25) is 4.68 Å². The molecule has 3 nitrogen and oxygen atoms in total. The van der Waals surface area contributed by atoms with E-state index in [1.54, 1.807) is 0 Å². The Balaban J connectivity index is 2.45. The lowest BCUT2D eigenvalue weighted by Gasteiger charge is -2.01. The van der Waals surface area contributed by atoms with Gasteiger partial charge in [-0.05, 0) is 13.0 Å². The molecule has 1 heterocycles. The van der Waals surface area contributed by atoms with Crippen molar-refractivity contribution in [1.82, 2.24) is 15.1 Å². The third kappa shape index (κ3) is 2.60. The average molecular weight is 232 g/mol. The van der Waals surface area contributed by atoms with Gasteiger partial charge in [-0.2, -0.15) is 5.10 Å². The molecule has 0 amide bonds. The second-order valence-corrected chi connectivity index (χ2v) is 3.56. The second-order valence-electron chi connectivity index (χ2n) is 2.77. The molecule has 0 fully saturated rings. The van der Waals surface area contributed by atoms with E-state index in [0.29, 0.717) is 0 Å². The Morgan fingerprint density at radius 1 is 1.67 bits per heavy atom. The zero-order valence-electron chi connectivity index (χ0n) is 7.47. The van der Waals surface area contributed by atoms with Crippen LogP contribution in [-0.2, 0) is 13.6 Å². The summed E-state index contributed by atoms with van der Waals surface area (Å²) in [6.07, 6.45) is 0. The van der Waals surface area contributed by atoms with Gasteiger partial charge in [0.25, 0.3) is 0 Å². The lowest BCUT2D eigenvalue weighted by atomic mass is 10.3. The highest BCUT2D eigenvalue weighted by Gasteiger charge is 1.99. The smallest absolute Gasteiger partial charge is 0.0597 e. The first-order chi connectivity index (χ1) is 5.74. The summed E-state index contributed by atoms with van der Waals surface area (Å²) >= 11 is 3.36. The predicted octanol–water partition coefficient (Wildman–Crippen LogP) is 1.21. The zero-order chi connectivity index (χ0) is 8.97.